The zero-order chi connectivity index (χ0) is 23.8. The van der Waals surface area contributed by atoms with Gasteiger partial charge in [-0.25, -0.2) is 4.98 Å². The molecule has 1 amide bonds. The second-order valence-corrected chi connectivity index (χ2v) is 9.12. The Balaban J connectivity index is 1.55. The fourth-order valence-corrected chi connectivity index (χ4v) is 4.31. The van der Waals surface area contributed by atoms with Crippen molar-refractivity contribution in [2.24, 2.45) is 0 Å². The molecule has 2 aromatic carbocycles. The number of fused-ring (bicyclic) bond motifs is 3. The summed E-state index contributed by atoms with van der Waals surface area (Å²) in [6.07, 6.45) is -2.81. The van der Waals surface area contributed by atoms with Crippen molar-refractivity contribution in [2.45, 2.75) is 17.9 Å². The predicted octanol–water partition coefficient (Wildman–Crippen LogP) is 6.33. The molecule has 0 spiro atoms. The highest BCUT2D eigenvalue weighted by Gasteiger charge is 2.31. The number of benzene rings is 2. The number of hydrogen-bond acceptors (Lipinski definition) is 5. The Morgan fingerprint density at radius 3 is 2.76 bits per heavy atom. The normalized spacial score (nSPS) is 11.8. The summed E-state index contributed by atoms with van der Waals surface area (Å²) in [6, 6.07) is 8.50. The summed E-state index contributed by atoms with van der Waals surface area (Å²) >= 11 is 10.4. The lowest BCUT2D eigenvalue weighted by Gasteiger charge is -2.11. The number of allylic oxidation sites excluding steroid dienone is 1. The Labute approximate surface area is 203 Å². The molecule has 1 N–H and O–H groups in total. The number of hydrogen-bond donors (Lipinski definition) is 1. The monoisotopic (exact) mass is 555 g/mol. The molecule has 0 saturated carbocycles. The maximum Gasteiger partial charge on any atom is 0.416 e. The molecule has 33 heavy (non-hydrogen) atoms. The van der Waals surface area contributed by atoms with E-state index in [1.165, 1.54) is 0 Å². The summed E-state index contributed by atoms with van der Waals surface area (Å²) in [5.41, 5.74) is 1.08. The number of halogens is 5. The smallest absolute Gasteiger partial charge is 0.324 e. The van der Waals surface area contributed by atoms with Gasteiger partial charge in [-0.1, -0.05) is 45.4 Å². The van der Waals surface area contributed by atoms with Crippen LogP contribution in [-0.2, 0) is 17.5 Å². The fraction of sp³-hybridized carbons (Fsp3) is 0.143. The van der Waals surface area contributed by atoms with Crippen molar-refractivity contribution in [3.63, 3.8) is 0 Å². The molecule has 2 heterocycles. The van der Waals surface area contributed by atoms with Crippen LogP contribution in [0.4, 0.5) is 18.9 Å². The van der Waals surface area contributed by atoms with Crippen LogP contribution < -0.4 is 5.32 Å². The van der Waals surface area contributed by atoms with Gasteiger partial charge in [0.1, 0.15) is 5.52 Å². The van der Waals surface area contributed by atoms with E-state index in [0.717, 1.165) is 45.3 Å². The molecule has 0 radical (unpaired) electrons. The summed E-state index contributed by atoms with van der Waals surface area (Å²) in [7, 11) is 0. The lowest BCUT2D eigenvalue weighted by molar-refractivity contribution is -0.137. The van der Waals surface area contributed by atoms with E-state index in [-0.39, 0.29) is 21.6 Å². The van der Waals surface area contributed by atoms with Crippen molar-refractivity contribution in [3.05, 3.63) is 64.1 Å². The Bertz CT molecular complexity index is 1390. The van der Waals surface area contributed by atoms with Crippen LogP contribution in [0.5, 0.6) is 0 Å². The minimum Gasteiger partial charge on any atom is -0.324 e. The summed E-state index contributed by atoms with van der Waals surface area (Å²) in [4.78, 5) is 16.9. The van der Waals surface area contributed by atoms with E-state index in [2.05, 4.69) is 43.0 Å². The van der Waals surface area contributed by atoms with Gasteiger partial charge in [0.15, 0.2) is 5.65 Å². The topological polar surface area (TPSA) is 72.7 Å². The van der Waals surface area contributed by atoms with E-state index in [1.54, 1.807) is 6.08 Å². The minimum absolute atomic E-state index is 0.000731. The van der Waals surface area contributed by atoms with Gasteiger partial charge in [-0.15, -0.1) is 16.8 Å². The molecule has 2 aromatic heterocycles. The third-order valence-corrected chi connectivity index (χ3v) is 6.28. The van der Waals surface area contributed by atoms with Gasteiger partial charge in [0.2, 0.25) is 11.1 Å². The van der Waals surface area contributed by atoms with Crippen molar-refractivity contribution >= 4 is 73.0 Å². The molecule has 0 fully saturated rings. The first-order chi connectivity index (χ1) is 15.7. The number of carbonyl (C=O) groups excluding carboxylic acids is 1. The second kappa shape index (κ2) is 9.32. The number of alkyl halides is 3. The largest absolute Gasteiger partial charge is 0.416 e. The molecule has 0 saturated heterocycles. The zero-order valence-corrected chi connectivity index (χ0v) is 19.8. The van der Waals surface area contributed by atoms with Crippen LogP contribution in [0.3, 0.4) is 0 Å². The molecular weight excluding hydrogens is 543 g/mol. The van der Waals surface area contributed by atoms with E-state index >= 15 is 0 Å². The molecule has 170 valence electrons. The number of rotatable bonds is 6. The summed E-state index contributed by atoms with van der Waals surface area (Å²) in [5.74, 6) is -0.701. The van der Waals surface area contributed by atoms with Gasteiger partial charge in [0.25, 0.3) is 0 Å². The number of aromatic nitrogens is 4. The first kappa shape index (κ1) is 23.5. The molecular formula is C21H14BrClF3N5OS. The Morgan fingerprint density at radius 2 is 2.03 bits per heavy atom. The van der Waals surface area contributed by atoms with Gasteiger partial charge in [-0.3, -0.25) is 4.79 Å². The van der Waals surface area contributed by atoms with Crippen LogP contribution >= 0.6 is 39.3 Å². The number of thioether (sulfide) groups is 1. The maximum absolute atomic E-state index is 12.9. The van der Waals surface area contributed by atoms with Crippen LogP contribution in [0.15, 0.2) is 58.7 Å². The first-order valence-electron chi connectivity index (χ1n) is 9.40. The first-order valence-corrected chi connectivity index (χ1v) is 11.6. The number of nitrogens with one attached hydrogen (secondary N) is 1. The van der Waals surface area contributed by atoms with Gasteiger partial charge in [-0.2, -0.15) is 13.2 Å². The zero-order valence-electron chi connectivity index (χ0n) is 16.7. The van der Waals surface area contributed by atoms with E-state index in [4.69, 9.17) is 11.6 Å². The lowest BCUT2D eigenvalue weighted by atomic mass is 10.2. The quantitative estimate of drug-likeness (QED) is 0.222. The molecule has 0 aliphatic heterocycles. The third kappa shape index (κ3) is 4.99. The highest BCUT2D eigenvalue weighted by molar-refractivity contribution is 9.10. The Morgan fingerprint density at radius 1 is 1.24 bits per heavy atom. The molecule has 0 atom stereocenters. The number of amides is 1. The van der Waals surface area contributed by atoms with Crippen molar-refractivity contribution in [1.29, 1.82) is 0 Å². The van der Waals surface area contributed by atoms with Crippen molar-refractivity contribution in [3.8, 4) is 0 Å². The molecule has 4 rings (SSSR count). The van der Waals surface area contributed by atoms with Crippen LogP contribution in [-0.4, -0.2) is 31.4 Å². The van der Waals surface area contributed by atoms with Gasteiger partial charge in [0.05, 0.1) is 27.5 Å². The number of nitrogens with zero attached hydrogens (tertiary/aromatic N) is 4. The van der Waals surface area contributed by atoms with Crippen molar-refractivity contribution in [1.82, 2.24) is 19.7 Å². The summed E-state index contributed by atoms with van der Waals surface area (Å²) < 4.78 is 41.6. The average molecular weight is 557 g/mol. The van der Waals surface area contributed by atoms with Gasteiger partial charge < -0.3 is 9.88 Å². The highest BCUT2D eigenvalue weighted by atomic mass is 79.9. The lowest BCUT2D eigenvalue weighted by Crippen LogP contribution is -2.16. The average Bonchev–Trinajstić information content (AvgIpc) is 3.05. The van der Waals surface area contributed by atoms with Crippen molar-refractivity contribution < 1.29 is 18.0 Å². The van der Waals surface area contributed by atoms with Crippen molar-refractivity contribution in [2.75, 3.05) is 11.1 Å². The standard InChI is InChI=1S/C21H14BrClF3N5OS/c1-2-7-31-16-6-4-12(22)9-13(16)18-19(31)28-20(30-29-18)33-10-17(32)27-15-8-11(21(24,25)26)3-5-14(15)23/h2-6,8-9H,1,7,10H2,(H,27,32). The number of carbonyl (C=O) groups is 1. The molecule has 6 nitrogen and oxygen atoms in total. The van der Waals surface area contributed by atoms with E-state index in [1.807, 2.05) is 22.8 Å². The molecule has 0 unspecified atom stereocenters. The predicted molar refractivity (Wildman–Crippen MR) is 127 cm³/mol. The molecule has 4 aromatic rings. The van der Waals surface area contributed by atoms with Crippen LogP contribution in [0.1, 0.15) is 5.56 Å². The van der Waals surface area contributed by atoms with E-state index in [9.17, 15) is 18.0 Å². The van der Waals surface area contributed by atoms with Gasteiger partial charge >= 0.3 is 6.18 Å². The molecule has 0 aliphatic carbocycles. The van der Waals surface area contributed by atoms with Gasteiger partial charge in [-0.05, 0) is 36.4 Å². The third-order valence-electron chi connectivity index (χ3n) is 4.62. The summed E-state index contributed by atoms with van der Waals surface area (Å²) in [6.45, 7) is 4.28. The maximum atomic E-state index is 12.9. The van der Waals surface area contributed by atoms with E-state index in [0.29, 0.717) is 17.7 Å². The molecule has 12 heteroatoms. The summed E-state index contributed by atoms with van der Waals surface area (Å²) in [5, 5.41) is 11.9. The van der Waals surface area contributed by atoms with E-state index < -0.39 is 17.6 Å². The highest BCUT2D eigenvalue weighted by Crippen LogP contribution is 2.34. The SMILES string of the molecule is C=CCn1c2ccc(Br)cc2c2nnc(SCC(=O)Nc3cc(C(F)(F)F)ccc3Cl)nc21. The minimum atomic E-state index is -4.55. The fourth-order valence-electron chi connectivity index (χ4n) is 3.20. The molecule has 0 bridgehead atoms. The van der Waals surface area contributed by atoms with Gasteiger partial charge in [0, 0.05) is 16.4 Å². The Kier molecular flexibility index (Phi) is 6.64. The number of anilines is 1. The Hall–Kier alpha value is -2.63. The molecule has 0 aliphatic rings. The van der Waals surface area contributed by atoms with Crippen LogP contribution in [0, 0.1) is 0 Å². The van der Waals surface area contributed by atoms with Crippen LogP contribution in [0.2, 0.25) is 5.02 Å². The van der Waals surface area contributed by atoms with Crippen LogP contribution in [0.25, 0.3) is 22.1 Å². The second-order valence-electron chi connectivity index (χ2n) is 6.86.